The Hall–Kier alpha value is -4.39. The van der Waals surface area contributed by atoms with Crippen molar-refractivity contribution in [3.63, 3.8) is 0 Å². The second-order valence-electron chi connectivity index (χ2n) is 8.82. The Morgan fingerprint density at radius 3 is 2.53 bits per heavy atom. The van der Waals surface area contributed by atoms with Crippen LogP contribution in [0.2, 0.25) is 0 Å². The number of amides is 2. The molecule has 0 spiro atoms. The molecule has 0 unspecified atom stereocenters. The summed E-state index contributed by atoms with van der Waals surface area (Å²) in [6, 6.07) is 27.4. The van der Waals surface area contributed by atoms with E-state index in [2.05, 4.69) is 15.7 Å². The fourth-order valence-electron chi connectivity index (χ4n) is 3.94. The van der Waals surface area contributed by atoms with E-state index in [4.69, 9.17) is 4.74 Å². The zero-order valence-electron chi connectivity index (χ0n) is 19.9. The molecule has 1 fully saturated rings. The average molecular weight is 481 g/mol. The van der Waals surface area contributed by atoms with Crippen molar-refractivity contribution in [2.75, 3.05) is 13.2 Å². The van der Waals surface area contributed by atoms with Gasteiger partial charge in [0, 0.05) is 23.7 Å². The van der Waals surface area contributed by atoms with Gasteiger partial charge in [0.2, 0.25) is 0 Å². The molecule has 0 radical (unpaired) electrons. The molecule has 36 heavy (non-hydrogen) atoms. The second kappa shape index (κ2) is 10.9. The van der Waals surface area contributed by atoms with Gasteiger partial charge in [-0.25, -0.2) is 4.68 Å². The number of hydrogen-bond acceptors (Lipinski definition) is 4. The third kappa shape index (κ3) is 5.99. The van der Waals surface area contributed by atoms with Crippen LogP contribution in [0.5, 0.6) is 5.75 Å². The van der Waals surface area contributed by atoms with Gasteiger partial charge >= 0.3 is 0 Å². The molecule has 0 aliphatic heterocycles. The van der Waals surface area contributed by atoms with Crippen molar-refractivity contribution in [2.24, 2.45) is 0 Å². The maximum absolute atomic E-state index is 12.8. The van der Waals surface area contributed by atoms with Crippen LogP contribution in [0.4, 0.5) is 0 Å². The molecule has 2 N–H and O–H groups in total. The van der Waals surface area contributed by atoms with Crippen molar-refractivity contribution in [3.05, 3.63) is 102 Å². The molecule has 182 valence electrons. The molecule has 1 aliphatic rings. The molecule has 0 saturated heterocycles. The van der Waals surface area contributed by atoms with Crippen LogP contribution in [0.15, 0.2) is 91.1 Å². The molecule has 1 saturated carbocycles. The number of rotatable bonds is 10. The fourth-order valence-corrected chi connectivity index (χ4v) is 3.94. The lowest BCUT2D eigenvalue weighted by molar-refractivity contribution is -0.123. The number of aromatic nitrogens is 2. The first-order valence-corrected chi connectivity index (χ1v) is 12.1. The molecule has 0 bridgehead atoms. The van der Waals surface area contributed by atoms with Crippen LogP contribution < -0.4 is 15.4 Å². The van der Waals surface area contributed by atoms with Crippen LogP contribution in [0.3, 0.4) is 0 Å². The zero-order chi connectivity index (χ0) is 24.7. The van der Waals surface area contributed by atoms with Gasteiger partial charge in [-0.3, -0.25) is 9.59 Å². The van der Waals surface area contributed by atoms with E-state index in [0.717, 1.165) is 35.3 Å². The van der Waals surface area contributed by atoms with Crippen LogP contribution in [0.25, 0.3) is 16.9 Å². The van der Waals surface area contributed by atoms with E-state index in [1.54, 1.807) is 12.3 Å². The normalized spacial score (nSPS) is 12.7. The number of nitrogens with one attached hydrogen (secondary N) is 2. The number of carbonyl (C=O) groups is 2. The lowest BCUT2D eigenvalue weighted by Gasteiger charge is -2.10. The first kappa shape index (κ1) is 23.4. The molecule has 4 aromatic rings. The Labute approximate surface area is 210 Å². The minimum absolute atomic E-state index is 0.0241. The molecule has 5 rings (SSSR count). The number of benzene rings is 3. The molecule has 1 aromatic heterocycles. The molecule has 1 aliphatic carbocycles. The maximum atomic E-state index is 12.8. The highest BCUT2D eigenvalue weighted by atomic mass is 16.5. The highest BCUT2D eigenvalue weighted by Gasteiger charge is 2.23. The van der Waals surface area contributed by atoms with Crippen molar-refractivity contribution in [1.29, 1.82) is 0 Å². The summed E-state index contributed by atoms with van der Waals surface area (Å²) in [5, 5.41) is 10.4. The monoisotopic (exact) mass is 480 g/mol. The number of carbonyl (C=O) groups excluding carboxylic acids is 2. The molecule has 1 heterocycles. The van der Waals surface area contributed by atoms with Gasteiger partial charge in [0.15, 0.2) is 6.61 Å². The summed E-state index contributed by atoms with van der Waals surface area (Å²) < 4.78 is 7.38. The SMILES string of the molecule is O=C(COc1ccc(CCNC(=O)c2cccc(-n3nccc3-c3ccccc3)c2)cc1)NC1CC1. The molecular formula is C29H28N4O3. The first-order valence-electron chi connectivity index (χ1n) is 12.1. The van der Waals surface area contributed by atoms with Crippen molar-refractivity contribution in [3.8, 4) is 22.7 Å². The molecule has 7 nitrogen and oxygen atoms in total. The molecule has 0 atom stereocenters. The van der Waals surface area contributed by atoms with Crippen molar-refractivity contribution >= 4 is 11.8 Å². The van der Waals surface area contributed by atoms with Crippen LogP contribution in [0.1, 0.15) is 28.8 Å². The lowest BCUT2D eigenvalue weighted by atomic mass is 10.1. The summed E-state index contributed by atoms with van der Waals surface area (Å²) >= 11 is 0. The van der Waals surface area contributed by atoms with Crippen LogP contribution >= 0.6 is 0 Å². The van der Waals surface area contributed by atoms with Crippen molar-refractivity contribution in [2.45, 2.75) is 25.3 Å². The summed E-state index contributed by atoms with van der Waals surface area (Å²) in [7, 11) is 0. The molecular weight excluding hydrogens is 452 g/mol. The Bertz CT molecular complexity index is 1330. The zero-order valence-corrected chi connectivity index (χ0v) is 19.9. The third-order valence-electron chi connectivity index (χ3n) is 6.00. The van der Waals surface area contributed by atoms with E-state index in [1.807, 2.05) is 83.5 Å². The minimum atomic E-state index is -0.133. The van der Waals surface area contributed by atoms with Crippen molar-refractivity contribution in [1.82, 2.24) is 20.4 Å². The topological polar surface area (TPSA) is 85.2 Å². The number of nitrogens with zero attached hydrogens (tertiary/aromatic N) is 2. The van der Waals surface area contributed by atoms with Crippen LogP contribution in [0, 0.1) is 0 Å². The Kier molecular flexibility index (Phi) is 7.07. The van der Waals surface area contributed by atoms with Gasteiger partial charge in [0.25, 0.3) is 11.8 Å². The average Bonchev–Trinajstić information content (AvgIpc) is 3.59. The Balaban J connectivity index is 1.14. The van der Waals surface area contributed by atoms with E-state index in [0.29, 0.717) is 30.3 Å². The van der Waals surface area contributed by atoms with E-state index in [9.17, 15) is 9.59 Å². The van der Waals surface area contributed by atoms with Crippen LogP contribution in [-0.4, -0.2) is 40.8 Å². The summed E-state index contributed by atoms with van der Waals surface area (Å²) in [5.74, 6) is 0.433. The maximum Gasteiger partial charge on any atom is 0.258 e. The van der Waals surface area contributed by atoms with Gasteiger partial charge in [-0.05, 0) is 61.2 Å². The summed E-state index contributed by atoms with van der Waals surface area (Å²) in [4.78, 5) is 24.5. The molecule has 2 amide bonds. The van der Waals surface area contributed by atoms with Gasteiger partial charge in [0.05, 0.1) is 17.6 Å². The minimum Gasteiger partial charge on any atom is -0.484 e. The van der Waals surface area contributed by atoms with Gasteiger partial charge in [-0.1, -0.05) is 48.5 Å². The molecule has 7 heteroatoms. The molecule has 3 aromatic carbocycles. The van der Waals surface area contributed by atoms with Gasteiger partial charge in [-0.15, -0.1) is 0 Å². The smallest absolute Gasteiger partial charge is 0.258 e. The standard InChI is InChI=1S/C29H28N4O3/c34-28(32-24-11-12-24)20-36-26-13-9-21(10-14-26)15-17-30-29(35)23-7-4-8-25(19-23)33-27(16-18-31-33)22-5-2-1-3-6-22/h1-10,13-14,16,18-19,24H,11-12,15,17,20H2,(H,30,35)(H,32,34). The quantitative estimate of drug-likeness (QED) is 0.357. The highest BCUT2D eigenvalue weighted by molar-refractivity contribution is 5.94. The summed E-state index contributed by atoms with van der Waals surface area (Å²) in [5.41, 5.74) is 4.50. The first-order chi connectivity index (χ1) is 17.7. The Morgan fingerprint density at radius 1 is 0.944 bits per heavy atom. The van der Waals surface area contributed by atoms with E-state index in [1.165, 1.54) is 0 Å². The Morgan fingerprint density at radius 2 is 1.75 bits per heavy atom. The number of hydrogen-bond donors (Lipinski definition) is 2. The summed E-state index contributed by atoms with van der Waals surface area (Å²) in [6.45, 7) is 0.528. The largest absolute Gasteiger partial charge is 0.484 e. The fraction of sp³-hybridized carbons (Fsp3) is 0.207. The lowest BCUT2D eigenvalue weighted by Crippen LogP contribution is -2.30. The second-order valence-corrected chi connectivity index (χ2v) is 8.82. The van der Waals surface area contributed by atoms with E-state index < -0.39 is 0 Å². The predicted molar refractivity (Wildman–Crippen MR) is 138 cm³/mol. The highest BCUT2D eigenvalue weighted by Crippen LogP contribution is 2.22. The van der Waals surface area contributed by atoms with E-state index in [-0.39, 0.29) is 18.4 Å². The van der Waals surface area contributed by atoms with Crippen LogP contribution in [-0.2, 0) is 11.2 Å². The number of ether oxygens (including phenoxy) is 1. The predicted octanol–water partition coefficient (Wildman–Crippen LogP) is 4.17. The van der Waals surface area contributed by atoms with Gasteiger partial charge < -0.3 is 15.4 Å². The van der Waals surface area contributed by atoms with Gasteiger partial charge in [0.1, 0.15) is 5.75 Å². The van der Waals surface area contributed by atoms with E-state index >= 15 is 0 Å². The van der Waals surface area contributed by atoms with Gasteiger partial charge in [-0.2, -0.15) is 5.10 Å². The third-order valence-corrected chi connectivity index (χ3v) is 6.00. The van der Waals surface area contributed by atoms with Crippen molar-refractivity contribution < 1.29 is 14.3 Å². The summed E-state index contributed by atoms with van der Waals surface area (Å²) in [6.07, 6.45) is 4.56.